The predicted octanol–water partition coefficient (Wildman–Crippen LogP) is 0.519. The first-order valence-corrected chi connectivity index (χ1v) is 8.19. The lowest BCUT2D eigenvalue weighted by molar-refractivity contribution is 0.586. The first-order valence-electron chi connectivity index (χ1n) is 5.72. The Morgan fingerprint density at radius 2 is 1.35 bits per heavy atom. The van der Waals surface area contributed by atoms with Gasteiger partial charge in [0.1, 0.15) is 9.84 Å². The van der Waals surface area contributed by atoms with Crippen LogP contribution in [0.4, 0.5) is 0 Å². The molecule has 0 fully saturated rings. The molecule has 7 heteroatoms. The summed E-state index contributed by atoms with van der Waals surface area (Å²) < 4.78 is 21.5. The van der Waals surface area contributed by atoms with Crippen LogP contribution in [0.2, 0.25) is 0 Å². The van der Waals surface area contributed by atoms with E-state index in [0.717, 1.165) is 32.2 Å². The molecule has 0 saturated heterocycles. The van der Waals surface area contributed by atoms with E-state index in [4.69, 9.17) is 5.73 Å². The average molecular weight is 283 g/mol. The quantitative estimate of drug-likeness (QED) is 0.442. The summed E-state index contributed by atoms with van der Waals surface area (Å²) in [6.07, 6.45) is 7.71. The molecule has 0 aromatic carbocycles. The van der Waals surface area contributed by atoms with Gasteiger partial charge in [-0.05, 0) is 31.6 Å². The third kappa shape index (κ3) is 31.3. The van der Waals surface area contributed by atoms with E-state index in [9.17, 15) is 8.42 Å². The van der Waals surface area contributed by atoms with Crippen LogP contribution in [-0.4, -0.2) is 32.1 Å². The van der Waals surface area contributed by atoms with Crippen molar-refractivity contribution in [2.24, 2.45) is 17.2 Å². The van der Waals surface area contributed by atoms with Crippen LogP contribution in [-0.2, 0) is 9.84 Å². The zero-order valence-corrected chi connectivity index (χ0v) is 12.2. The van der Waals surface area contributed by atoms with Crippen molar-refractivity contribution in [3.8, 4) is 0 Å². The van der Waals surface area contributed by atoms with Crippen LogP contribution in [0.1, 0.15) is 38.5 Å². The van der Waals surface area contributed by atoms with Crippen LogP contribution in [0.15, 0.2) is 0 Å². The average Bonchev–Trinajstić information content (AvgIpc) is 2.14. The Morgan fingerprint density at radius 3 is 1.71 bits per heavy atom. The fraction of sp³-hybridized carbons (Fsp3) is 0.900. The van der Waals surface area contributed by atoms with Crippen LogP contribution in [0.25, 0.3) is 0 Å². The van der Waals surface area contributed by atoms with Crippen molar-refractivity contribution in [1.29, 1.82) is 0 Å². The molecule has 0 aromatic heterocycles. The van der Waals surface area contributed by atoms with Crippen molar-refractivity contribution in [2.75, 3.05) is 18.6 Å². The van der Waals surface area contributed by atoms with E-state index in [1.165, 1.54) is 19.1 Å². The maximum absolute atomic E-state index is 10.7. The molecule has 0 aliphatic heterocycles. The van der Waals surface area contributed by atoms with Crippen LogP contribution < -0.4 is 17.2 Å². The molecule has 0 aromatic rings. The summed E-state index contributed by atoms with van der Waals surface area (Å²) in [4.78, 5) is 0. The van der Waals surface area contributed by atoms with Crippen molar-refractivity contribution < 1.29 is 8.42 Å². The third-order valence-electron chi connectivity index (χ3n) is 1.97. The van der Waals surface area contributed by atoms with E-state index in [1.54, 1.807) is 0 Å². The van der Waals surface area contributed by atoms with E-state index in [-0.39, 0.29) is 5.11 Å². The summed E-state index contributed by atoms with van der Waals surface area (Å²) >= 11 is 4.09. The predicted molar refractivity (Wildman–Crippen MR) is 77.4 cm³/mol. The number of hydrogen-bond donors (Lipinski definition) is 3. The molecule has 0 aliphatic carbocycles. The van der Waals surface area contributed by atoms with Gasteiger partial charge in [0.15, 0.2) is 5.11 Å². The number of sulfone groups is 1. The number of nitrogens with two attached hydrogens (primary N) is 3. The second-order valence-corrected chi connectivity index (χ2v) is 6.67. The van der Waals surface area contributed by atoms with Gasteiger partial charge in [-0.25, -0.2) is 8.42 Å². The topological polar surface area (TPSA) is 112 Å². The van der Waals surface area contributed by atoms with E-state index < -0.39 is 9.84 Å². The third-order valence-corrected chi connectivity index (χ3v) is 3.00. The lowest BCUT2D eigenvalue weighted by Crippen LogP contribution is -2.18. The SMILES string of the molecule is CS(=O)(=O)CCCCCCCCN.NC(N)=S. The van der Waals surface area contributed by atoms with Crippen molar-refractivity contribution in [3.63, 3.8) is 0 Å². The Kier molecular flexibility index (Phi) is 13.5. The molecule has 0 rings (SSSR count). The van der Waals surface area contributed by atoms with Gasteiger partial charge >= 0.3 is 0 Å². The van der Waals surface area contributed by atoms with Gasteiger partial charge in [0.05, 0.1) is 0 Å². The number of rotatable bonds is 8. The zero-order chi connectivity index (χ0) is 13.7. The van der Waals surface area contributed by atoms with Crippen LogP contribution >= 0.6 is 12.2 Å². The molecule has 0 aliphatic rings. The minimum absolute atomic E-state index is 0.000000000000000222. The van der Waals surface area contributed by atoms with Gasteiger partial charge in [-0.3, -0.25) is 0 Å². The Labute approximate surface area is 110 Å². The summed E-state index contributed by atoms with van der Waals surface area (Å²) in [6.45, 7) is 0.767. The Balaban J connectivity index is 0. The van der Waals surface area contributed by atoms with E-state index >= 15 is 0 Å². The molecule has 5 nitrogen and oxygen atoms in total. The minimum atomic E-state index is -2.74. The fourth-order valence-corrected chi connectivity index (χ4v) is 1.94. The molecule has 0 spiro atoms. The maximum atomic E-state index is 10.7. The Bertz CT molecular complexity index is 275. The van der Waals surface area contributed by atoms with Gasteiger partial charge in [0.25, 0.3) is 0 Å². The Hall–Kier alpha value is -0.400. The molecule has 0 amide bonds. The molecular formula is C10H25N3O2S2. The monoisotopic (exact) mass is 283 g/mol. The smallest absolute Gasteiger partial charge is 0.160 e. The highest BCUT2D eigenvalue weighted by Crippen LogP contribution is 2.05. The largest absolute Gasteiger partial charge is 0.377 e. The van der Waals surface area contributed by atoms with Gasteiger partial charge in [0, 0.05) is 12.0 Å². The maximum Gasteiger partial charge on any atom is 0.160 e. The zero-order valence-electron chi connectivity index (χ0n) is 10.5. The first-order chi connectivity index (χ1) is 7.79. The van der Waals surface area contributed by atoms with Crippen molar-refractivity contribution in [1.82, 2.24) is 0 Å². The second kappa shape index (κ2) is 12.1. The summed E-state index contributed by atoms with van der Waals surface area (Å²) in [5, 5.41) is 0.000000000000000222. The van der Waals surface area contributed by atoms with Gasteiger partial charge < -0.3 is 17.2 Å². The van der Waals surface area contributed by atoms with Crippen molar-refractivity contribution in [3.05, 3.63) is 0 Å². The van der Waals surface area contributed by atoms with E-state index in [2.05, 4.69) is 23.7 Å². The van der Waals surface area contributed by atoms with Crippen molar-refractivity contribution >= 4 is 27.2 Å². The molecule has 6 N–H and O–H groups in total. The number of hydrogen-bond acceptors (Lipinski definition) is 4. The van der Waals surface area contributed by atoms with Gasteiger partial charge in [-0.1, -0.05) is 25.7 Å². The highest BCUT2D eigenvalue weighted by Gasteiger charge is 2.00. The summed E-state index contributed by atoms with van der Waals surface area (Å²) in [7, 11) is -2.74. The van der Waals surface area contributed by atoms with E-state index in [1.807, 2.05) is 0 Å². The number of thiocarbonyl (C=S) groups is 1. The summed E-state index contributed by atoms with van der Waals surface area (Å²) in [6, 6.07) is 0. The lowest BCUT2D eigenvalue weighted by atomic mass is 10.1. The van der Waals surface area contributed by atoms with Crippen LogP contribution in [0, 0.1) is 0 Å². The standard InChI is InChI=1S/C9H21NO2S.CH4N2S/c1-13(11,12)9-7-5-3-2-4-6-8-10;2-1(3)4/h2-10H2,1H3;(H4,2,3,4). The van der Waals surface area contributed by atoms with Crippen molar-refractivity contribution in [2.45, 2.75) is 38.5 Å². The van der Waals surface area contributed by atoms with Crippen LogP contribution in [0.5, 0.6) is 0 Å². The lowest BCUT2D eigenvalue weighted by Gasteiger charge is -1.99. The normalized spacial score (nSPS) is 10.5. The fourth-order valence-electron chi connectivity index (χ4n) is 1.22. The molecular weight excluding hydrogens is 258 g/mol. The van der Waals surface area contributed by atoms with E-state index in [0.29, 0.717) is 5.75 Å². The van der Waals surface area contributed by atoms with Crippen LogP contribution in [0.3, 0.4) is 0 Å². The molecule has 0 radical (unpaired) electrons. The molecule has 0 bridgehead atoms. The molecule has 17 heavy (non-hydrogen) atoms. The van der Waals surface area contributed by atoms with Gasteiger partial charge in [0.2, 0.25) is 0 Å². The molecule has 0 saturated carbocycles. The minimum Gasteiger partial charge on any atom is -0.377 e. The van der Waals surface area contributed by atoms with Gasteiger partial charge in [-0.2, -0.15) is 0 Å². The molecule has 0 unspecified atom stereocenters. The second-order valence-electron chi connectivity index (χ2n) is 3.94. The molecule has 0 heterocycles. The summed E-state index contributed by atoms with van der Waals surface area (Å²) in [5.74, 6) is 0.337. The number of unbranched alkanes of at least 4 members (excludes halogenated alkanes) is 5. The van der Waals surface area contributed by atoms with Gasteiger partial charge in [-0.15, -0.1) is 0 Å². The first kappa shape index (κ1) is 19.0. The summed E-state index contributed by atoms with van der Waals surface area (Å²) in [5.41, 5.74) is 14.6. The highest BCUT2D eigenvalue weighted by molar-refractivity contribution is 7.90. The Morgan fingerprint density at radius 1 is 1.00 bits per heavy atom. The molecule has 104 valence electrons. The highest BCUT2D eigenvalue weighted by atomic mass is 32.2. The molecule has 0 atom stereocenters.